The number of rotatable bonds is 4. The molecule has 0 aliphatic carbocycles. The summed E-state index contributed by atoms with van der Waals surface area (Å²) in [4.78, 5) is 13.8. The number of benzene rings is 2. The summed E-state index contributed by atoms with van der Waals surface area (Å²) < 4.78 is 37.9. The number of anilines is 6. The van der Waals surface area contributed by atoms with Gasteiger partial charge < -0.3 is 29.9 Å². The summed E-state index contributed by atoms with van der Waals surface area (Å²) in [5.74, 6) is 1.89. The van der Waals surface area contributed by atoms with Crippen LogP contribution in [0.3, 0.4) is 0 Å². The highest BCUT2D eigenvalue weighted by molar-refractivity contribution is 7.92. The van der Waals surface area contributed by atoms with Crippen molar-refractivity contribution in [2.75, 3.05) is 80.1 Å². The highest BCUT2D eigenvalue weighted by atomic mass is 35.5. The smallest absolute Gasteiger partial charge is 0.232 e. The number of nitrogens with zero attached hydrogens (tertiary/aromatic N) is 5. The number of fused-ring (bicyclic) bond motifs is 6. The van der Waals surface area contributed by atoms with E-state index in [9.17, 15) is 8.42 Å². The van der Waals surface area contributed by atoms with Crippen LogP contribution in [0.4, 0.5) is 34.5 Å². The predicted octanol–water partition coefficient (Wildman–Crippen LogP) is 4.49. The van der Waals surface area contributed by atoms with Crippen LogP contribution in [0.15, 0.2) is 36.5 Å². The molecule has 41 heavy (non-hydrogen) atoms. The van der Waals surface area contributed by atoms with Crippen LogP contribution >= 0.6 is 11.6 Å². The number of hydrogen-bond donors (Lipinski definition) is 2. The molecule has 0 unspecified atom stereocenters. The van der Waals surface area contributed by atoms with Gasteiger partial charge in [-0.1, -0.05) is 11.6 Å². The molecule has 220 valence electrons. The summed E-state index contributed by atoms with van der Waals surface area (Å²) in [5.41, 5.74) is 4.02. The minimum Gasteiger partial charge on any atom is -0.494 e. The van der Waals surface area contributed by atoms with Gasteiger partial charge in [-0.15, -0.1) is 0 Å². The number of methoxy groups -OCH3 is 1. The summed E-state index contributed by atoms with van der Waals surface area (Å²) >= 11 is 6.48. The van der Waals surface area contributed by atoms with Crippen LogP contribution < -0.4 is 29.3 Å². The van der Waals surface area contributed by atoms with Gasteiger partial charge in [0.05, 0.1) is 43.2 Å². The molecule has 2 N–H and O–H groups in total. The van der Waals surface area contributed by atoms with Crippen molar-refractivity contribution in [1.29, 1.82) is 0 Å². The van der Waals surface area contributed by atoms with Gasteiger partial charge in [0.1, 0.15) is 16.5 Å². The van der Waals surface area contributed by atoms with Crippen molar-refractivity contribution in [2.45, 2.75) is 19.3 Å². The number of nitrogens with one attached hydrogen (secondary N) is 2. The van der Waals surface area contributed by atoms with Crippen LogP contribution in [0.1, 0.15) is 18.4 Å². The van der Waals surface area contributed by atoms with Crippen LogP contribution in [-0.4, -0.2) is 83.5 Å². The fraction of sp³-hybridized carbons (Fsp3) is 0.429. The molecule has 0 amide bonds. The van der Waals surface area contributed by atoms with E-state index in [1.807, 2.05) is 0 Å². The maximum Gasteiger partial charge on any atom is 0.232 e. The molecular weight excluding hydrogens is 566 g/mol. The minimum atomic E-state index is -3.55. The van der Waals surface area contributed by atoms with Crippen molar-refractivity contribution in [3.05, 3.63) is 47.1 Å². The molecule has 13 heteroatoms. The molecule has 0 atom stereocenters. The van der Waals surface area contributed by atoms with Crippen LogP contribution in [0.2, 0.25) is 5.02 Å². The average molecular weight is 602 g/mol. The molecule has 6 rings (SSSR count). The van der Waals surface area contributed by atoms with Crippen molar-refractivity contribution in [2.24, 2.45) is 0 Å². The Morgan fingerprint density at radius 2 is 1.85 bits per heavy atom. The minimum absolute atomic E-state index is 0.278. The van der Waals surface area contributed by atoms with Gasteiger partial charge in [0.15, 0.2) is 5.82 Å². The molecule has 0 saturated carbocycles. The summed E-state index contributed by atoms with van der Waals surface area (Å²) in [6.07, 6.45) is 5.23. The first-order valence-corrected chi connectivity index (χ1v) is 15.8. The standard InChI is InChI=1S/C28H36ClN7O4S/c1-34-10-12-36(13-11-34)24-17-26(39-3)23-15-19(24)7-5-6-14-40-20-8-9-22(25(16-20)35(2)41(4,37)38)31-27-21(29)18-30-28(32-23)33-27/h8-9,15-18H,5-7,10-14H2,1-4H3,(H2,30,31,32,33). The lowest BCUT2D eigenvalue weighted by molar-refractivity contribution is 0.306. The lowest BCUT2D eigenvalue weighted by Crippen LogP contribution is -2.44. The molecule has 1 aromatic heterocycles. The number of likely N-dealkylation sites (N-methyl/N-ethyl adjacent to an activating group) is 1. The van der Waals surface area contributed by atoms with E-state index in [1.165, 1.54) is 28.8 Å². The van der Waals surface area contributed by atoms with Gasteiger partial charge in [-0.2, -0.15) is 4.98 Å². The van der Waals surface area contributed by atoms with Crippen molar-refractivity contribution in [1.82, 2.24) is 14.9 Å². The second-order valence-electron chi connectivity index (χ2n) is 10.3. The highest BCUT2D eigenvalue weighted by Gasteiger charge is 2.22. The summed E-state index contributed by atoms with van der Waals surface area (Å²) in [6, 6.07) is 9.47. The van der Waals surface area contributed by atoms with Gasteiger partial charge in [0.2, 0.25) is 16.0 Å². The lowest BCUT2D eigenvalue weighted by Gasteiger charge is -2.35. The molecule has 4 heterocycles. The zero-order chi connectivity index (χ0) is 29.1. The Balaban J connectivity index is 1.55. The van der Waals surface area contributed by atoms with Gasteiger partial charge in [0, 0.05) is 51.0 Å². The Hall–Kier alpha value is -3.48. The van der Waals surface area contributed by atoms with Gasteiger partial charge in [-0.3, -0.25) is 4.31 Å². The molecule has 0 radical (unpaired) electrons. The van der Waals surface area contributed by atoms with Gasteiger partial charge >= 0.3 is 0 Å². The zero-order valence-corrected chi connectivity index (χ0v) is 25.3. The van der Waals surface area contributed by atoms with Gasteiger partial charge in [-0.25, -0.2) is 13.4 Å². The molecule has 0 spiro atoms. The molecule has 11 nitrogen and oxygen atoms in total. The average Bonchev–Trinajstić information content (AvgIpc) is 2.94. The molecule has 2 aromatic carbocycles. The third-order valence-electron chi connectivity index (χ3n) is 7.40. The maximum absolute atomic E-state index is 12.4. The first kappa shape index (κ1) is 29.0. The van der Waals surface area contributed by atoms with Gasteiger partial charge in [-0.05, 0) is 50.1 Å². The van der Waals surface area contributed by atoms with E-state index in [0.29, 0.717) is 41.2 Å². The van der Waals surface area contributed by atoms with E-state index in [1.54, 1.807) is 25.3 Å². The number of aryl methyl sites for hydroxylation is 1. The normalized spacial score (nSPS) is 16.3. The maximum atomic E-state index is 12.4. The third-order valence-corrected chi connectivity index (χ3v) is 8.87. The largest absolute Gasteiger partial charge is 0.494 e. The monoisotopic (exact) mass is 601 g/mol. The Morgan fingerprint density at radius 1 is 1.07 bits per heavy atom. The van der Waals surface area contributed by atoms with E-state index >= 15 is 0 Å². The quantitative estimate of drug-likeness (QED) is 0.444. The third kappa shape index (κ3) is 6.71. The summed E-state index contributed by atoms with van der Waals surface area (Å²) in [7, 11) is 1.74. The number of halogens is 1. The molecule has 3 aliphatic rings. The van der Waals surface area contributed by atoms with E-state index < -0.39 is 10.0 Å². The molecule has 3 aromatic rings. The van der Waals surface area contributed by atoms with E-state index in [-0.39, 0.29) is 5.02 Å². The number of aromatic nitrogens is 2. The van der Waals surface area contributed by atoms with Crippen molar-refractivity contribution >= 4 is 56.1 Å². The number of ether oxygens (including phenoxy) is 2. The van der Waals surface area contributed by atoms with E-state index in [2.05, 4.69) is 49.6 Å². The van der Waals surface area contributed by atoms with Crippen molar-refractivity contribution in [3.63, 3.8) is 0 Å². The topological polar surface area (TPSA) is 112 Å². The van der Waals surface area contributed by atoms with Crippen LogP contribution in [-0.2, 0) is 16.4 Å². The Bertz CT molecular complexity index is 1510. The van der Waals surface area contributed by atoms with Crippen LogP contribution in [0, 0.1) is 0 Å². The highest BCUT2D eigenvalue weighted by Crippen LogP contribution is 2.38. The number of hydrogen-bond acceptors (Lipinski definition) is 10. The molecule has 1 fully saturated rings. The Morgan fingerprint density at radius 3 is 2.59 bits per heavy atom. The first-order chi connectivity index (χ1) is 19.6. The summed E-state index contributed by atoms with van der Waals surface area (Å²) in [6.45, 7) is 4.38. The zero-order valence-electron chi connectivity index (χ0n) is 23.8. The molecule has 1 saturated heterocycles. The number of piperazine rings is 1. The van der Waals surface area contributed by atoms with E-state index in [4.69, 9.17) is 21.1 Å². The van der Waals surface area contributed by atoms with Crippen molar-refractivity contribution in [3.8, 4) is 11.5 Å². The van der Waals surface area contributed by atoms with Crippen LogP contribution in [0.5, 0.6) is 11.5 Å². The fourth-order valence-electron chi connectivity index (χ4n) is 4.94. The Labute approximate surface area is 246 Å². The SMILES string of the molecule is COc1cc(N2CCN(C)CC2)c2cc1Nc1ncc(Cl)c(n1)Nc1ccc(cc1N(C)S(C)(=O)=O)OCCCC2. The molecule has 6 bridgehead atoms. The first-order valence-electron chi connectivity index (χ1n) is 13.5. The van der Waals surface area contributed by atoms with Crippen LogP contribution in [0.25, 0.3) is 0 Å². The van der Waals surface area contributed by atoms with E-state index in [0.717, 1.165) is 57.4 Å². The second kappa shape index (κ2) is 12.2. The van der Waals surface area contributed by atoms with Crippen molar-refractivity contribution < 1.29 is 17.9 Å². The lowest BCUT2D eigenvalue weighted by atomic mass is 10.0. The van der Waals surface area contributed by atoms with Gasteiger partial charge in [0.25, 0.3) is 0 Å². The summed E-state index contributed by atoms with van der Waals surface area (Å²) in [5, 5.41) is 6.78. The fourth-order valence-corrected chi connectivity index (χ4v) is 5.59. The Kier molecular flexibility index (Phi) is 8.62. The predicted molar refractivity (Wildman–Crippen MR) is 164 cm³/mol. The molecular formula is C28H36ClN7O4S. The molecule has 3 aliphatic heterocycles. The number of sulfonamides is 1. The second-order valence-corrected chi connectivity index (χ2v) is 12.7.